The van der Waals surface area contributed by atoms with Crippen LogP contribution in [-0.2, 0) is 0 Å². The number of aliphatic hydroxyl groups is 1. The standard InChI is InChI=1S/C16H25ClN2O2/c1-12(20)11-18-6-8-19(9-7-18)13(2)14-4-5-16(21-3)15(17)10-14/h4-5,10,12-13,20H,6-9,11H2,1-3H3/t12-,13-/m1/s1. The van der Waals surface area contributed by atoms with Crippen LogP contribution in [-0.4, -0.2) is 60.8 Å². The third kappa shape index (κ3) is 4.33. The Morgan fingerprint density at radius 3 is 2.43 bits per heavy atom. The van der Waals surface area contributed by atoms with Crippen molar-refractivity contribution in [1.82, 2.24) is 9.80 Å². The molecule has 1 heterocycles. The second kappa shape index (κ2) is 7.45. The molecule has 1 aromatic rings. The minimum Gasteiger partial charge on any atom is -0.495 e. The molecule has 118 valence electrons. The van der Waals surface area contributed by atoms with E-state index in [2.05, 4.69) is 22.8 Å². The molecule has 5 heteroatoms. The Kier molecular flexibility index (Phi) is 5.88. The molecule has 4 nitrogen and oxygen atoms in total. The highest BCUT2D eigenvalue weighted by Crippen LogP contribution is 2.30. The van der Waals surface area contributed by atoms with Crippen molar-refractivity contribution in [1.29, 1.82) is 0 Å². The molecule has 0 saturated carbocycles. The molecule has 21 heavy (non-hydrogen) atoms. The topological polar surface area (TPSA) is 35.9 Å². The average Bonchev–Trinajstić information content (AvgIpc) is 2.46. The van der Waals surface area contributed by atoms with Crippen molar-refractivity contribution in [2.75, 3.05) is 39.8 Å². The van der Waals surface area contributed by atoms with Gasteiger partial charge in [0.25, 0.3) is 0 Å². The van der Waals surface area contributed by atoms with E-state index in [-0.39, 0.29) is 6.10 Å². The van der Waals surface area contributed by atoms with Crippen LogP contribution in [0.5, 0.6) is 5.75 Å². The summed E-state index contributed by atoms with van der Waals surface area (Å²) in [5.74, 6) is 0.717. The zero-order valence-corrected chi connectivity index (χ0v) is 13.8. The lowest BCUT2D eigenvalue weighted by molar-refractivity contribution is 0.0655. The number of hydrogen-bond acceptors (Lipinski definition) is 4. The summed E-state index contributed by atoms with van der Waals surface area (Å²) in [5.41, 5.74) is 1.21. The minimum absolute atomic E-state index is 0.255. The Labute approximate surface area is 132 Å². The predicted octanol–water partition coefficient (Wildman–Crippen LogP) is 2.41. The highest BCUT2D eigenvalue weighted by Gasteiger charge is 2.23. The number of rotatable bonds is 5. The van der Waals surface area contributed by atoms with E-state index in [1.54, 1.807) is 7.11 Å². The van der Waals surface area contributed by atoms with Crippen molar-refractivity contribution in [2.45, 2.75) is 26.0 Å². The van der Waals surface area contributed by atoms with Crippen LogP contribution >= 0.6 is 11.6 Å². The van der Waals surface area contributed by atoms with Gasteiger partial charge >= 0.3 is 0 Å². The van der Waals surface area contributed by atoms with Crippen LogP contribution in [0.15, 0.2) is 18.2 Å². The molecule has 0 spiro atoms. The molecule has 1 aliphatic rings. The minimum atomic E-state index is -0.255. The quantitative estimate of drug-likeness (QED) is 0.906. The smallest absolute Gasteiger partial charge is 0.137 e. The number of piperazine rings is 1. The summed E-state index contributed by atoms with van der Waals surface area (Å²) >= 11 is 6.21. The fourth-order valence-electron chi connectivity index (χ4n) is 2.86. The molecule has 0 bridgehead atoms. The van der Waals surface area contributed by atoms with Gasteiger partial charge < -0.3 is 9.84 Å². The molecule has 0 unspecified atom stereocenters. The van der Waals surface area contributed by atoms with E-state index in [0.717, 1.165) is 38.5 Å². The van der Waals surface area contributed by atoms with E-state index in [0.29, 0.717) is 11.1 Å². The van der Waals surface area contributed by atoms with E-state index < -0.39 is 0 Å². The molecule has 1 saturated heterocycles. The van der Waals surface area contributed by atoms with Crippen molar-refractivity contribution in [3.05, 3.63) is 28.8 Å². The first-order valence-corrected chi connectivity index (χ1v) is 7.87. The Morgan fingerprint density at radius 1 is 1.24 bits per heavy atom. The third-order valence-electron chi connectivity index (χ3n) is 4.14. The molecular weight excluding hydrogens is 288 g/mol. The molecule has 1 aromatic carbocycles. The lowest BCUT2D eigenvalue weighted by Gasteiger charge is -2.38. The number of halogens is 1. The summed E-state index contributed by atoms with van der Waals surface area (Å²) in [6.07, 6.45) is -0.255. The summed E-state index contributed by atoms with van der Waals surface area (Å²) in [6, 6.07) is 6.34. The Hall–Kier alpha value is -0.810. The first-order chi connectivity index (χ1) is 10.0. The second-order valence-electron chi connectivity index (χ2n) is 5.76. The first kappa shape index (κ1) is 16.6. The summed E-state index contributed by atoms with van der Waals surface area (Å²) in [7, 11) is 1.63. The van der Waals surface area contributed by atoms with Gasteiger partial charge in [-0.25, -0.2) is 0 Å². The molecule has 0 aliphatic carbocycles. The molecular formula is C16H25ClN2O2. The summed E-state index contributed by atoms with van der Waals surface area (Å²) in [5, 5.41) is 10.1. The van der Waals surface area contributed by atoms with E-state index in [1.165, 1.54) is 5.56 Å². The second-order valence-corrected chi connectivity index (χ2v) is 6.16. The molecule has 2 rings (SSSR count). The SMILES string of the molecule is COc1ccc([C@@H](C)N2CCN(C[C@@H](C)O)CC2)cc1Cl. The number of nitrogens with zero attached hydrogens (tertiary/aromatic N) is 2. The van der Waals surface area contributed by atoms with Crippen LogP contribution in [0.3, 0.4) is 0 Å². The number of β-amino-alcohol motifs (C(OH)–C–C–N with tert-alkyl or cyclic N) is 1. The Balaban J connectivity index is 1.95. The predicted molar refractivity (Wildman–Crippen MR) is 86.1 cm³/mol. The van der Waals surface area contributed by atoms with Gasteiger partial charge in [0.2, 0.25) is 0 Å². The maximum atomic E-state index is 9.46. The van der Waals surface area contributed by atoms with Crippen LogP contribution < -0.4 is 4.74 Å². The van der Waals surface area contributed by atoms with Crippen molar-refractivity contribution < 1.29 is 9.84 Å². The average molecular weight is 313 g/mol. The molecule has 0 aromatic heterocycles. The zero-order valence-electron chi connectivity index (χ0n) is 13.1. The lowest BCUT2D eigenvalue weighted by atomic mass is 10.1. The Morgan fingerprint density at radius 2 is 1.90 bits per heavy atom. The van der Waals surface area contributed by atoms with Crippen molar-refractivity contribution in [3.63, 3.8) is 0 Å². The first-order valence-electron chi connectivity index (χ1n) is 7.49. The van der Waals surface area contributed by atoms with Crippen molar-refractivity contribution in [3.8, 4) is 5.75 Å². The Bertz CT molecular complexity index is 460. The van der Waals surface area contributed by atoms with Crippen LogP contribution in [0.25, 0.3) is 0 Å². The molecule has 1 N–H and O–H groups in total. The molecule has 0 radical (unpaired) electrons. The van der Waals surface area contributed by atoms with Crippen LogP contribution in [0, 0.1) is 0 Å². The van der Waals surface area contributed by atoms with Gasteiger partial charge in [-0.05, 0) is 31.5 Å². The van der Waals surface area contributed by atoms with Gasteiger partial charge in [0, 0.05) is 38.8 Å². The van der Waals surface area contributed by atoms with Gasteiger partial charge in [-0.2, -0.15) is 0 Å². The zero-order chi connectivity index (χ0) is 15.4. The highest BCUT2D eigenvalue weighted by atomic mass is 35.5. The molecule has 1 aliphatic heterocycles. The van der Waals surface area contributed by atoms with E-state index >= 15 is 0 Å². The fourth-order valence-corrected chi connectivity index (χ4v) is 3.13. The van der Waals surface area contributed by atoms with E-state index in [4.69, 9.17) is 16.3 Å². The maximum Gasteiger partial charge on any atom is 0.137 e. The summed E-state index contributed by atoms with van der Waals surface area (Å²) < 4.78 is 5.20. The number of methoxy groups -OCH3 is 1. The number of aliphatic hydroxyl groups excluding tert-OH is 1. The summed E-state index contributed by atoms with van der Waals surface area (Å²) in [6.45, 7) is 8.83. The number of benzene rings is 1. The van der Waals surface area contributed by atoms with E-state index in [9.17, 15) is 5.11 Å². The van der Waals surface area contributed by atoms with Gasteiger partial charge in [-0.15, -0.1) is 0 Å². The van der Waals surface area contributed by atoms with Crippen molar-refractivity contribution >= 4 is 11.6 Å². The third-order valence-corrected chi connectivity index (χ3v) is 4.43. The van der Waals surface area contributed by atoms with Gasteiger partial charge in [-0.1, -0.05) is 17.7 Å². The van der Waals surface area contributed by atoms with Gasteiger partial charge in [0.1, 0.15) is 5.75 Å². The van der Waals surface area contributed by atoms with Crippen LogP contribution in [0.2, 0.25) is 5.02 Å². The fraction of sp³-hybridized carbons (Fsp3) is 0.625. The largest absolute Gasteiger partial charge is 0.495 e. The maximum absolute atomic E-state index is 9.46. The summed E-state index contributed by atoms with van der Waals surface area (Å²) in [4.78, 5) is 4.77. The molecule has 1 fully saturated rings. The van der Waals surface area contributed by atoms with Crippen LogP contribution in [0.1, 0.15) is 25.5 Å². The number of hydrogen-bond donors (Lipinski definition) is 1. The van der Waals surface area contributed by atoms with Gasteiger partial charge in [0.15, 0.2) is 0 Å². The lowest BCUT2D eigenvalue weighted by Crippen LogP contribution is -2.48. The monoisotopic (exact) mass is 312 g/mol. The number of ether oxygens (including phenoxy) is 1. The van der Waals surface area contributed by atoms with Gasteiger partial charge in [-0.3, -0.25) is 9.80 Å². The van der Waals surface area contributed by atoms with E-state index in [1.807, 2.05) is 19.1 Å². The molecule has 2 atom stereocenters. The normalized spacial score (nSPS) is 20.2. The van der Waals surface area contributed by atoms with Crippen molar-refractivity contribution in [2.24, 2.45) is 0 Å². The molecule has 0 amide bonds. The van der Waals surface area contributed by atoms with Gasteiger partial charge in [0.05, 0.1) is 18.2 Å². The van der Waals surface area contributed by atoms with Crippen LogP contribution in [0.4, 0.5) is 0 Å². The highest BCUT2D eigenvalue weighted by molar-refractivity contribution is 6.32.